The summed E-state index contributed by atoms with van der Waals surface area (Å²) in [5.74, 6) is -0.773. The van der Waals surface area contributed by atoms with Crippen molar-refractivity contribution < 1.29 is 26.7 Å². The second kappa shape index (κ2) is 8.98. The molecule has 6 N–H and O–H groups in total. The number of nitrogens with two attached hydrogens (primary N) is 2. The molecule has 1 heterocycles. The molecule has 34 heavy (non-hydrogen) atoms. The van der Waals surface area contributed by atoms with Crippen LogP contribution in [0, 0.1) is 20.2 Å². The number of rotatable bonds is 8. The van der Waals surface area contributed by atoms with Gasteiger partial charge in [0.05, 0.1) is 19.6 Å². The molecule has 0 amide bonds. The number of nitrogens with zero attached hydrogens (tertiary/aromatic N) is 3. The van der Waals surface area contributed by atoms with Gasteiger partial charge in [-0.05, 0) is 48.5 Å². The maximum Gasteiger partial charge on any atom is 0.318 e. The third kappa shape index (κ3) is 5.59. The lowest BCUT2D eigenvalue weighted by Crippen LogP contribution is -2.12. The number of pyridine rings is 1. The lowest BCUT2D eigenvalue weighted by Gasteiger charge is -2.11. The fourth-order valence-corrected chi connectivity index (χ4v) is 3.72. The lowest BCUT2D eigenvalue weighted by molar-refractivity contribution is -0.393. The Kier molecular flexibility index (Phi) is 6.46. The van der Waals surface area contributed by atoms with Crippen molar-refractivity contribution in [2.45, 2.75) is 9.79 Å². The SMILES string of the molecule is NS(=O)(=O)c1ccc(Nc2nc(Nc3ccc(S(N)(=O)=O)cc3)c([N+](=O)[O-])cc2[N+](=O)[O-])cc1. The van der Waals surface area contributed by atoms with Crippen LogP contribution >= 0.6 is 0 Å². The molecule has 2 aromatic carbocycles. The highest BCUT2D eigenvalue weighted by molar-refractivity contribution is 7.89. The number of nitrogens with one attached hydrogen (secondary N) is 2. The molecule has 0 aliphatic heterocycles. The van der Waals surface area contributed by atoms with Crippen molar-refractivity contribution in [2.75, 3.05) is 10.6 Å². The van der Waals surface area contributed by atoms with Crippen LogP contribution in [0.15, 0.2) is 64.4 Å². The molecule has 0 fully saturated rings. The predicted octanol–water partition coefficient (Wildman–Crippen LogP) is 1.68. The minimum Gasteiger partial charge on any atom is -0.334 e. The summed E-state index contributed by atoms with van der Waals surface area (Å²) in [6, 6.07) is 10.4. The molecular weight excluding hydrogens is 494 g/mol. The summed E-state index contributed by atoms with van der Waals surface area (Å²) in [7, 11) is -7.93. The average Bonchev–Trinajstić information content (AvgIpc) is 2.73. The standard InChI is InChI=1S/C17H15N7O8S2/c18-33(29,30)12-5-1-10(2-6-12)20-16-14(23(25)26)9-15(24(27)28)17(22-16)21-11-3-7-13(8-4-11)34(19,31)32/h1-9H,(H2,18,29,30)(H2,19,31,32)(H2,20,21,22). The van der Waals surface area contributed by atoms with Gasteiger partial charge in [-0.25, -0.2) is 27.1 Å². The van der Waals surface area contributed by atoms with Crippen LogP contribution in [0.3, 0.4) is 0 Å². The minimum absolute atomic E-state index is 0.181. The number of aromatic nitrogens is 1. The van der Waals surface area contributed by atoms with Crippen LogP contribution in [0.25, 0.3) is 0 Å². The van der Waals surface area contributed by atoms with Crippen LogP contribution in [0.2, 0.25) is 0 Å². The molecule has 17 heteroatoms. The summed E-state index contributed by atoms with van der Waals surface area (Å²) in [5.41, 5.74) is -1.09. The van der Waals surface area contributed by atoms with Crippen molar-refractivity contribution in [3.8, 4) is 0 Å². The van der Waals surface area contributed by atoms with Crippen LogP contribution < -0.4 is 20.9 Å². The molecule has 3 aromatic rings. The zero-order valence-electron chi connectivity index (χ0n) is 16.8. The summed E-state index contributed by atoms with van der Waals surface area (Å²) < 4.78 is 45.5. The Hall–Kier alpha value is -4.19. The number of primary sulfonamides is 2. The summed E-state index contributed by atoms with van der Waals surface area (Å²) in [4.78, 5) is 24.8. The number of nitro groups is 2. The van der Waals surface area contributed by atoms with Gasteiger partial charge in [0.15, 0.2) is 0 Å². The highest BCUT2D eigenvalue weighted by atomic mass is 32.2. The molecule has 0 atom stereocenters. The van der Waals surface area contributed by atoms with Gasteiger partial charge in [0.25, 0.3) is 0 Å². The van der Waals surface area contributed by atoms with Gasteiger partial charge in [-0.2, -0.15) is 4.98 Å². The first kappa shape index (κ1) is 24.5. The quantitative estimate of drug-likeness (QED) is 0.251. The van der Waals surface area contributed by atoms with Gasteiger partial charge in [-0.3, -0.25) is 20.2 Å². The van der Waals surface area contributed by atoms with Crippen molar-refractivity contribution >= 4 is 54.4 Å². The zero-order valence-corrected chi connectivity index (χ0v) is 18.4. The van der Waals surface area contributed by atoms with E-state index in [0.717, 1.165) is 24.3 Å². The Labute approximate surface area is 191 Å². The molecule has 0 spiro atoms. The maximum atomic E-state index is 11.5. The van der Waals surface area contributed by atoms with Gasteiger partial charge in [0.1, 0.15) is 6.07 Å². The normalized spacial score (nSPS) is 11.6. The van der Waals surface area contributed by atoms with E-state index in [2.05, 4.69) is 15.6 Å². The summed E-state index contributed by atoms with van der Waals surface area (Å²) in [5, 5.41) is 38.3. The van der Waals surface area contributed by atoms with Crippen molar-refractivity contribution in [2.24, 2.45) is 10.3 Å². The number of anilines is 4. The first-order chi connectivity index (χ1) is 15.8. The van der Waals surface area contributed by atoms with Crippen LogP contribution in [0.5, 0.6) is 0 Å². The van der Waals surface area contributed by atoms with Crippen LogP contribution in [0.4, 0.5) is 34.4 Å². The number of hydrogen-bond acceptors (Lipinski definition) is 11. The molecule has 0 aliphatic carbocycles. The number of sulfonamides is 2. The Balaban J connectivity index is 2.03. The van der Waals surface area contributed by atoms with E-state index in [1.807, 2.05) is 0 Å². The molecule has 0 aliphatic rings. The van der Waals surface area contributed by atoms with Crippen LogP contribution in [-0.2, 0) is 20.0 Å². The zero-order chi connectivity index (χ0) is 25.3. The molecule has 15 nitrogen and oxygen atoms in total. The fourth-order valence-electron chi connectivity index (χ4n) is 2.68. The molecule has 0 radical (unpaired) electrons. The molecule has 0 bridgehead atoms. The van der Waals surface area contributed by atoms with E-state index < -0.39 is 41.3 Å². The van der Waals surface area contributed by atoms with Gasteiger partial charge < -0.3 is 10.6 Å². The first-order valence-corrected chi connectivity index (χ1v) is 12.0. The van der Waals surface area contributed by atoms with Crippen molar-refractivity contribution in [3.63, 3.8) is 0 Å². The van der Waals surface area contributed by atoms with Crippen molar-refractivity contribution in [1.82, 2.24) is 4.98 Å². The van der Waals surface area contributed by atoms with Gasteiger partial charge in [-0.15, -0.1) is 0 Å². The Morgan fingerprint density at radius 3 is 1.26 bits per heavy atom. The number of benzene rings is 2. The van der Waals surface area contributed by atoms with Gasteiger partial charge >= 0.3 is 11.4 Å². The molecule has 0 saturated heterocycles. The Morgan fingerprint density at radius 2 is 1.00 bits per heavy atom. The van der Waals surface area contributed by atoms with Gasteiger partial charge in [0, 0.05) is 11.4 Å². The van der Waals surface area contributed by atoms with E-state index in [9.17, 15) is 37.1 Å². The van der Waals surface area contributed by atoms with E-state index in [4.69, 9.17) is 10.3 Å². The molecular formula is C17H15N7O8S2. The van der Waals surface area contributed by atoms with Crippen LogP contribution in [-0.4, -0.2) is 31.7 Å². The van der Waals surface area contributed by atoms with E-state index in [-0.39, 0.29) is 32.8 Å². The van der Waals surface area contributed by atoms with E-state index >= 15 is 0 Å². The Bertz CT molecular complexity index is 1380. The third-order valence-electron chi connectivity index (χ3n) is 4.27. The second-order valence-corrected chi connectivity index (χ2v) is 9.75. The monoisotopic (exact) mass is 509 g/mol. The largest absolute Gasteiger partial charge is 0.334 e. The van der Waals surface area contributed by atoms with E-state index in [0.29, 0.717) is 6.07 Å². The van der Waals surface area contributed by atoms with Crippen molar-refractivity contribution in [1.29, 1.82) is 0 Å². The lowest BCUT2D eigenvalue weighted by atomic mass is 10.2. The Morgan fingerprint density at radius 1 is 0.676 bits per heavy atom. The third-order valence-corrected chi connectivity index (χ3v) is 6.13. The molecule has 1 aromatic heterocycles. The smallest absolute Gasteiger partial charge is 0.318 e. The van der Waals surface area contributed by atoms with E-state index in [1.165, 1.54) is 24.3 Å². The molecule has 3 rings (SSSR count). The summed E-state index contributed by atoms with van der Waals surface area (Å²) in [6.45, 7) is 0. The first-order valence-electron chi connectivity index (χ1n) is 8.89. The van der Waals surface area contributed by atoms with Gasteiger partial charge in [-0.1, -0.05) is 0 Å². The summed E-state index contributed by atoms with van der Waals surface area (Å²) in [6.07, 6.45) is 0. The van der Waals surface area contributed by atoms with Gasteiger partial charge in [0.2, 0.25) is 31.7 Å². The molecule has 0 saturated carbocycles. The second-order valence-electron chi connectivity index (χ2n) is 6.63. The molecule has 178 valence electrons. The average molecular weight is 509 g/mol. The van der Waals surface area contributed by atoms with E-state index in [1.54, 1.807) is 0 Å². The maximum absolute atomic E-state index is 11.5. The topological polar surface area (TPSA) is 244 Å². The highest BCUT2D eigenvalue weighted by Crippen LogP contribution is 2.36. The van der Waals surface area contributed by atoms with Crippen LogP contribution in [0.1, 0.15) is 0 Å². The summed E-state index contributed by atoms with van der Waals surface area (Å²) >= 11 is 0. The van der Waals surface area contributed by atoms with Crippen molar-refractivity contribution in [3.05, 3.63) is 74.8 Å². The highest BCUT2D eigenvalue weighted by Gasteiger charge is 2.27. The fraction of sp³-hybridized carbons (Fsp3) is 0. The predicted molar refractivity (Wildman–Crippen MR) is 120 cm³/mol. The minimum atomic E-state index is -3.96. The molecule has 0 unspecified atom stereocenters. The number of hydrogen-bond donors (Lipinski definition) is 4.